The average Bonchev–Trinajstić information content (AvgIpc) is 3.12. The van der Waals surface area contributed by atoms with Gasteiger partial charge in [0.25, 0.3) is 0 Å². The molecular weight excluding hydrogens is 326 g/mol. The molecule has 1 amide bonds. The number of likely N-dealkylation sites (tertiary alicyclic amines) is 1. The van der Waals surface area contributed by atoms with E-state index in [1.165, 1.54) is 0 Å². The Morgan fingerprint density at radius 3 is 2.42 bits per heavy atom. The van der Waals surface area contributed by atoms with Gasteiger partial charge in [0.1, 0.15) is 5.41 Å². The molecule has 0 bridgehead atoms. The highest BCUT2D eigenvalue weighted by molar-refractivity contribution is 7.90. The van der Waals surface area contributed by atoms with Crippen molar-refractivity contribution >= 4 is 15.9 Å². The third-order valence-corrected chi connectivity index (χ3v) is 8.47. The third-order valence-electron chi connectivity index (χ3n) is 6.46. The van der Waals surface area contributed by atoms with Crippen LogP contribution in [-0.4, -0.2) is 43.6 Å². The summed E-state index contributed by atoms with van der Waals surface area (Å²) in [5.74, 6) is 0.0152. The van der Waals surface area contributed by atoms with Crippen LogP contribution in [0.3, 0.4) is 0 Å². The number of amides is 1. The van der Waals surface area contributed by atoms with Gasteiger partial charge in [0, 0.05) is 19.1 Å². The number of carbonyl (C=O) groups excluding carboxylic acids is 1. The van der Waals surface area contributed by atoms with Crippen LogP contribution in [0.1, 0.15) is 57.8 Å². The van der Waals surface area contributed by atoms with Gasteiger partial charge < -0.3 is 4.90 Å². The summed E-state index contributed by atoms with van der Waals surface area (Å²) in [4.78, 5) is 14.7. The smallest absolute Gasteiger partial charge is 0.243 e. The normalized spacial score (nSPS) is 35.0. The minimum absolute atomic E-state index is 0.0152. The maximum Gasteiger partial charge on any atom is 0.243 e. The van der Waals surface area contributed by atoms with Crippen molar-refractivity contribution in [3.63, 3.8) is 0 Å². The predicted octanol–water partition coefficient (Wildman–Crippen LogP) is 1.53. The first-order chi connectivity index (χ1) is 11.4. The lowest BCUT2D eigenvalue weighted by Gasteiger charge is -2.45. The summed E-state index contributed by atoms with van der Waals surface area (Å²) in [6.45, 7) is 1.40. The minimum Gasteiger partial charge on any atom is -0.341 e. The van der Waals surface area contributed by atoms with Crippen LogP contribution in [0, 0.1) is 22.2 Å². The van der Waals surface area contributed by atoms with Gasteiger partial charge in [0.05, 0.1) is 11.3 Å². The Kier molecular flexibility index (Phi) is 3.70. The van der Waals surface area contributed by atoms with E-state index in [-0.39, 0.29) is 22.6 Å². The summed E-state index contributed by atoms with van der Waals surface area (Å²) in [7, 11) is -3.12. The fourth-order valence-corrected chi connectivity index (χ4v) is 6.45. The average molecular weight is 351 g/mol. The second-order valence-electron chi connectivity index (χ2n) is 8.35. The van der Waals surface area contributed by atoms with E-state index >= 15 is 0 Å². The lowest BCUT2D eigenvalue weighted by atomic mass is 9.65. The van der Waals surface area contributed by atoms with Crippen LogP contribution in [0.4, 0.5) is 0 Å². The molecule has 0 aromatic heterocycles. The monoisotopic (exact) mass is 351 g/mol. The van der Waals surface area contributed by atoms with Crippen molar-refractivity contribution < 1.29 is 13.2 Å². The van der Waals surface area contributed by atoms with E-state index in [4.69, 9.17) is 0 Å². The van der Waals surface area contributed by atoms with E-state index in [1.807, 2.05) is 4.90 Å². The molecule has 4 rings (SSSR count). The summed E-state index contributed by atoms with van der Waals surface area (Å²) in [6, 6.07) is 2.32. The van der Waals surface area contributed by atoms with Crippen LogP contribution in [0.5, 0.6) is 0 Å². The fourth-order valence-electron chi connectivity index (χ4n) is 4.87. The number of nitriles is 1. The quantitative estimate of drug-likeness (QED) is 0.832. The molecular formula is C17H25N3O3S. The zero-order chi connectivity index (χ0) is 17.0. The van der Waals surface area contributed by atoms with Gasteiger partial charge >= 0.3 is 0 Å². The summed E-state index contributed by atoms with van der Waals surface area (Å²) >= 11 is 0. The molecule has 1 heterocycles. The molecule has 1 N–H and O–H groups in total. The number of carbonyl (C=O) groups is 1. The van der Waals surface area contributed by atoms with Crippen molar-refractivity contribution in [1.82, 2.24) is 9.62 Å². The summed E-state index contributed by atoms with van der Waals surface area (Å²) < 4.78 is 26.9. The van der Waals surface area contributed by atoms with Crippen LogP contribution in [-0.2, 0) is 14.8 Å². The Bertz CT molecular complexity index is 680. The van der Waals surface area contributed by atoms with Crippen LogP contribution in [0.2, 0.25) is 0 Å². The number of sulfonamides is 1. The highest BCUT2D eigenvalue weighted by atomic mass is 32.2. The number of hydrogen-bond donors (Lipinski definition) is 1. The van der Waals surface area contributed by atoms with E-state index in [0.717, 1.165) is 44.9 Å². The van der Waals surface area contributed by atoms with Crippen molar-refractivity contribution in [3.8, 4) is 6.07 Å². The largest absolute Gasteiger partial charge is 0.341 e. The Hall–Kier alpha value is -1.13. The van der Waals surface area contributed by atoms with Crippen LogP contribution in [0.25, 0.3) is 0 Å². The number of rotatable bonds is 4. The lowest BCUT2D eigenvalue weighted by molar-refractivity contribution is -0.138. The van der Waals surface area contributed by atoms with Gasteiger partial charge in [-0.15, -0.1) is 0 Å². The Morgan fingerprint density at radius 1 is 1.17 bits per heavy atom. The van der Waals surface area contributed by atoms with Crippen molar-refractivity contribution in [2.24, 2.45) is 10.8 Å². The van der Waals surface area contributed by atoms with Gasteiger partial charge in [-0.25, -0.2) is 13.1 Å². The molecule has 6 nitrogen and oxygen atoms in total. The second-order valence-corrected chi connectivity index (χ2v) is 10.3. The van der Waals surface area contributed by atoms with Gasteiger partial charge in [0.15, 0.2) is 0 Å². The van der Waals surface area contributed by atoms with Crippen molar-refractivity contribution in [3.05, 3.63) is 0 Å². The first-order valence-corrected chi connectivity index (χ1v) is 10.6. The maximum absolute atomic E-state index is 12.8. The molecule has 4 fully saturated rings. The van der Waals surface area contributed by atoms with Crippen molar-refractivity contribution in [2.45, 2.75) is 69.1 Å². The first kappa shape index (κ1) is 16.3. The SMILES string of the molecule is N#CC1(C(=O)N2CCC3(CC(NS(=O)(=O)C4CC4)C3)C2)CCCC1. The topological polar surface area (TPSA) is 90.3 Å². The molecule has 3 aliphatic carbocycles. The van der Waals surface area contributed by atoms with Crippen molar-refractivity contribution in [1.29, 1.82) is 5.26 Å². The Labute approximate surface area is 143 Å². The number of nitrogens with one attached hydrogen (secondary N) is 1. The number of nitrogens with zero attached hydrogens (tertiary/aromatic N) is 2. The molecule has 132 valence electrons. The molecule has 1 saturated heterocycles. The molecule has 4 aliphatic rings. The summed E-state index contributed by atoms with van der Waals surface area (Å²) in [6.07, 6.45) is 7.45. The highest BCUT2D eigenvalue weighted by Gasteiger charge is 2.54. The van der Waals surface area contributed by atoms with Crippen LogP contribution >= 0.6 is 0 Å². The summed E-state index contributed by atoms with van der Waals surface area (Å²) in [5, 5.41) is 9.33. The predicted molar refractivity (Wildman–Crippen MR) is 88.2 cm³/mol. The zero-order valence-electron chi connectivity index (χ0n) is 14.0. The molecule has 7 heteroatoms. The van der Waals surface area contributed by atoms with Gasteiger partial charge in [-0.1, -0.05) is 12.8 Å². The van der Waals surface area contributed by atoms with Gasteiger partial charge in [-0.05, 0) is 50.4 Å². The zero-order valence-corrected chi connectivity index (χ0v) is 14.8. The molecule has 1 aliphatic heterocycles. The van der Waals surface area contributed by atoms with Crippen LogP contribution in [0.15, 0.2) is 0 Å². The fraction of sp³-hybridized carbons (Fsp3) is 0.882. The molecule has 1 spiro atoms. The molecule has 0 aromatic carbocycles. The molecule has 0 atom stereocenters. The number of hydrogen-bond acceptors (Lipinski definition) is 4. The van der Waals surface area contributed by atoms with E-state index in [0.29, 0.717) is 25.9 Å². The van der Waals surface area contributed by atoms with E-state index < -0.39 is 15.4 Å². The molecule has 3 saturated carbocycles. The van der Waals surface area contributed by atoms with Gasteiger partial charge in [-0.2, -0.15) is 5.26 Å². The second kappa shape index (κ2) is 5.43. The molecule has 24 heavy (non-hydrogen) atoms. The molecule has 0 aromatic rings. The maximum atomic E-state index is 12.8. The van der Waals surface area contributed by atoms with Gasteiger partial charge in [0.2, 0.25) is 15.9 Å². The third kappa shape index (κ3) is 2.64. The highest BCUT2D eigenvalue weighted by Crippen LogP contribution is 2.50. The Balaban J connectivity index is 1.34. The van der Waals surface area contributed by atoms with E-state index in [9.17, 15) is 18.5 Å². The first-order valence-electron chi connectivity index (χ1n) is 9.10. The van der Waals surface area contributed by atoms with E-state index in [1.54, 1.807) is 0 Å². The lowest BCUT2D eigenvalue weighted by Crippen LogP contribution is -2.53. The molecule has 0 radical (unpaired) electrons. The summed E-state index contributed by atoms with van der Waals surface area (Å²) in [5.41, 5.74) is -0.718. The van der Waals surface area contributed by atoms with Crippen molar-refractivity contribution in [2.75, 3.05) is 13.1 Å². The molecule has 0 unspecified atom stereocenters. The Morgan fingerprint density at radius 2 is 1.83 bits per heavy atom. The van der Waals surface area contributed by atoms with Gasteiger partial charge in [-0.3, -0.25) is 4.79 Å². The standard InChI is InChI=1S/C17H25N3O3S/c18-11-17(5-1-2-6-17)15(21)20-8-7-16(12-20)9-13(10-16)19-24(22,23)14-3-4-14/h13-14,19H,1-10,12H2. The van der Waals surface area contributed by atoms with E-state index in [2.05, 4.69) is 10.8 Å². The minimum atomic E-state index is -3.12. The van der Waals surface area contributed by atoms with Crippen LogP contribution < -0.4 is 4.72 Å².